The van der Waals surface area contributed by atoms with Crippen LogP contribution in [0.1, 0.15) is 11.1 Å². The molecule has 0 aromatic heterocycles. The molecule has 0 radical (unpaired) electrons. The Labute approximate surface area is 64.3 Å². The van der Waals surface area contributed by atoms with Gasteiger partial charge >= 0.3 is 0 Å². The van der Waals surface area contributed by atoms with Gasteiger partial charge in [-0.15, -0.1) is 0 Å². The quantitative estimate of drug-likeness (QED) is 0.630. The lowest BCUT2D eigenvalue weighted by Crippen LogP contribution is -2.17. The van der Waals surface area contributed by atoms with Gasteiger partial charge in [0.05, 0.1) is 0 Å². The van der Waals surface area contributed by atoms with Gasteiger partial charge in [-0.25, -0.2) is 0 Å². The SMILES string of the molecule is NC(=O)C1=Cc2ccccc21. The molecular formula is C9H7NO. The minimum atomic E-state index is -0.344. The number of rotatable bonds is 1. The molecule has 0 aliphatic heterocycles. The molecule has 0 bridgehead atoms. The third kappa shape index (κ3) is 0.759. The van der Waals surface area contributed by atoms with E-state index in [0.717, 1.165) is 11.1 Å². The Morgan fingerprint density at radius 2 is 2.00 bits per heavy atom. The highest BCUT2D eigenvalue weighted by atomic mass is 16.1. The van der Waals surface area contributed by atoms with Crippen LogP contribution in [0.15, 0.2) is 24.3 Å². The van der Waals surface area contributed by atoms with E-state index in [2.05, 4.69) is 0 Å². The lowest BCUT2D eigenvalue weighted by Gasteiger charge is -2.15. The lowest BCUT2D eigenvalue weighted by molar-refractivity contribution is -0.112. The maximum absolute atomic E-state index is 10.7. The standard InChI is InChI=1S/C9H7NO/c10-9(11)8-5-6-3-1-2-4-7(6)8/h1-5H,(H2,10,11). The van der Waals surface area contributed by atoms with Crippen molar-refractivity contribution < 1.29 is 4.79 Å². The molecule has 0 saturated carbocycles. The Kier molecular flexibility index (Phi) is 1.09. The zero-order valence-corrected chi connectivity index (χ0v) is 5.87. The number of carbonyl (C=O) groups is 1. The van der Waals surface area contributed by atoms with Crippen molar-refractivity contribution in [2.45, 2.75) is 0 Å². The Bertz CT molecular complexity index is 352. The number of benzene rings is 1. The zero-order chi connectivity index (χ0) is 7.84. The second kappa shape index (κ2) is 1.95. The van der Waals surface area contributed by atoms with Crippen LogP contribution in [0.4, 0.5) is 0 Å². The van der Waals surface area contributed by atoms with E-state index in [9.17, 15) is 4.79 Å². The molecule has 2 nitrogen and oxygen atoms in total. The van der Waals surface area contributed by atoms with Crippen LogP contribution in [0.2, 0.25) is 0 Å². The van der Waals surface area contributed by atoms with E-state index in [-0.39, 0.29) is 5.91 Å². The Morgan fingerprint density at radius 3 is 2.64 bits per heavy atom. The average Bonchev–Trinajstić information content (AvgIpc) is 1.90. The lowest BCUT2D eigenvalue weighted by atomic mass is 9.88. The van der Waals surface area contributed by atoms with Crippen LogP contribution in [-0.2, 0) is 4.79 Å². The topological polar surface area (TPSA) is 43.1 Å². The second-order valence-electron chi connectivity index (χ2n) is 2.51. The van der Waals surface area contributed by atoms with E-state index in [4.69, 9.17) is 5.73 Å². The maximum Gasteiger partial charge on any atom is 0.249 e. The van der Waals surface area contributed by atoms with Gasteiger partial charge in [-0.3, -0.25) is 4.79 Å². The molecule has 2 heteroatoms. The summed E-state index contributed by atoms with van der Waals surface area (Å²) in [5.41, 5.74) is 7.82. The number of fused-ring (bicyclic) bond motifs is 1. The average molecular weight is 145 g/mol. The molecular weight excluding hydrogens is 138 g/mol. The molecule has 0 atom stereocenters. The Morgan fingerprint density at radius 1 is 1.27 bits per heavy atom. The first-order valence-electron chi connectivity index (χ1n) is 3.40. The van der Waals surface area contributed by atoms with Crippen molar-refractivity contribution in [1.82, 2.24) is 0 Å². The van der Waals surface area contributed by atoms with Crippen molar-refractivity contribution in [2.24, 2.45) is 5.73 Å². The van der Waals surface area contributed by atoms with E-state index >= 15 is 0 Å². The molecule has 1 aromatic carbocycles. The van der Waals surface area contributed by atoms with Gasteiger partial charge in [-0.2, -0.15) is 0 Å². The van der Waals surface area contributed by atoms with Gasteiger partial charge in [-0.05, 0) is 17.2 Å². The molecule has 1 aliphatic carbocycles. The molecule has 1 aliphatic rings. The molecule has 1 amide bonds. The van der Waals surface area contributed by atoms with E-state index < -0.39 is 0 Å². The fourth-order valence-corrected chi connectivity index (χ4v) is 1.23. The van der Waals surface area contributed by atoms with Crippen LogP contribution in [-0.4, -0.2) is 5.91 Å². The van der Waals surface area contributed by atoms with Crippen molar-refractivity contribution in [1.29, 1.82) is 0 Å². The van der Waals surface area contributed by atoms with Crippen molar-refractivity contribution >= 4 is 17.6 Å². The minimum absolute atomic E-state index is 0.344. The molecule has 1 aromatic rings. The summed E-state index contributed by atoms with van der Waals surface area (Å²) in [6, 6.07) is 7.69. The first-order chi connectivity index (χ1) is 5.29. The summed E-state index contributed by atoms with van der Waals surface area (Å²) in [4.78, 5) is 10.7. The van der Waals surface area contributed by atoms with Crippen LogP contribution < -0.4 is 5.73 Å². The first kappa shape index (κ1) is 6.16. The highest BCUT2D eigenvalue weighted by Crippen LogP contribution is 2.31. The number of carbonyl (C=O) groups excluding carboxylic acids is 1. The van der Waals surface area contributed by atoms with E-state index in [1.807, 2.05) is 24.3 Å². The van der Waals surface area contributed by atoms with Crippen molar-refractivity contribution in [3.05, 3.63) is 35.4 Å². The molecule has 0 heterocycles. The summed E-state index contributed by atoms with van der Waals surface area (Å²) in [6.45, 7) is 0. The largest absolute Gasteiger partial charge is 0.366 e. The predicted octanol–water partition coefficient (Wildman–Crippen LogP) is 1.03. The summed E-state index contributed by atoms with van der Waals surface area (Å²) in [7, 11) is 0. The molecule has 0 unspecified atom stereocenters. The number of hydrogen-bond acceptors (Lipinski definition) is 1. The van der Waals surface area contributed by atoms with Crippen LogP contribution >= 0.6 is 0 Å². The predicted molar refractivity (Wildman–Crippen MR) is 43.5 cm³/mol. The van der Waals surface area contributed by atoms with E-state index in [1.54, 1.807) is 6.08 Å². The van der Waals surface area contributed by atoms with E-state index in [0.29, 0.717) is 5.57 Å². The maximum atomic E-state index is 10.7. The van der Waals surface area contributed by atoms with Crippen molar-refractivity contribution in [3.63, 3.8) is 0 Å². The Balaban J connectivity index is 2.46. The molecule has 0 saturated heterocycles. The summed E-state index contributed by atoms with van der Waals surface area (Å²) >= 11 is 0. The van der Waals surface area contributed by atoms with Crippen LogP contribution in [0, 0.1) is 0 Å². The number of hydrogen-bond donors (Lipinski definition) is 1. The van der Waals surface area contributed by atoms with Crippen LogP contribution in [0.5, 0.6) is 0 Å². The van der Waals surface area contributed by atoms with Crippen molar-refractivity contribution in [3.8, 4) is 0 Å². The fourth-order valence-electron chi connectivity index (χ4n) is 1.23. The Hall–Kier alpha value is -1.57. The number of nitrogens with two attached hydrogens (primary N) is 1. The van der Waals surface area contributed by atoms with Gasteiger partial charge in [-0.1, -0.05) is 24.3 Å². The van der Waals surface area contributed by atoms with Crippen LogP contribution in [0.25, 0.3) is 11.6 Å². The van der Waals surface area contributed by atoms with Gasteiger partial charge in [0.15, 0.2) is 0 Å². The molecule has 2 rings (SSSR count). The second-order valence-corrected chi connectivity index (χ2v) is 2.51. The summed E-state index contributed by atoms with van der Waals surface area (Å²) in [5, 5.41) is 0. The van der Waals surface area contributed by atoms with Gasteiger partial charge in [0.2, 0.25) is 5.91 Å². The van der Waals surface area contributed by atoms with Crippen molar-refractivity contribution in [2.75, 3.05) is 0 Å². The third-order valence-corrected chi connectivity index (χ3v) is 1.82. The molecule has 0 spiro atoms. The molecule has 11 heavy (non-hydrogen) atoms. The van der Waals surface area contributed by atoms with Gasteiger partial charge in [0.1, 0.15) is 0 Å². The fraction of sp³-hybridized carbons (Fsp3) is 0. The number of amides is 1. The van der Waals surface area contributed by atoms with Gasteiger partial charge in [0.25, 0.3) is 0 Å². The summed E-state index contributed by atoms with van der Waals surface area (Å²) in [5.74, 6) is -0.344. The molecule has 54 valence electrons. The van der Waals surface area contributed by atoms with Gasteiger partial charge < -0.3 is 5.73 Å². The monoisotopic (exact) mass is 145 g/mol. The first-order valence-corrected chi connectivity index (χ1v) is 3.40. The smallest absolute Gasteiger partial charge is 0.249 e. The zero-order valence-electron chi connectivity index (χ0n) is 5.87. The van der Waals surface area contributed by atoms with Gasteiger partial charge in [0, 0.05) is 5.57 Å². The summed E-state index contributed by atoms with van der Waals surface area (Å²) in [6.07, 6.45) is 1.80. The number of primary amides is 1. The third-order valence-electron chi connectivity index (χ3n) is 1.82. The highest BCUT2D eigenvalue weighted by molar-refractivity contribution is 6.28. The summed E-state index contributed by atoms with van der Waals surface area (Å²) < 4.78 is 0. The van der Waals surface area contributed by atoms with Crippen LogP contribution in [0.3, 0.4) is 0 Å². The van der Waals surface area contributed by atoms with E-state index in [1.165, 1.54) is 0 Å². The minimum Gasteiger partial charge on any atom is -0.366 e. The molecule has 2 N–H and O–H groups in total. The molecule has 0 fully saturated rings. The highest BCUT2D eigenvalue weighted by Gasteiger charge is 2.18. The normalized spacial score (nSPS) is 12.9.